The number of amides is 2. The number of anilines is 1. The molecule has 5 nitrogen and oxygen atoms in total. The van der Waals surface area contributed by atoms with Crippen LogP contribution in [0.4, 0.5) is 10.5 Å². The summed E-state index contributed by atoms with van der Waals surface area (Å²) in [4.78, 5) is 15.1. The van der Waals surface area contributed by atoms with Gasteiger partial charge in [-0.2, -0.15) is 0 Å². The van der Waals surface area contributed by atoms with E-state index in [1.54, 1.807) is 23.7 Å². The largest absolute Gasteiger partial charge is 0.396 e. The average molecular weight is 324 g/mol. The van der Waals surface area contributed by atoms with Crippen molar-refractivity contribution in [2.45, 2.75) is 17.7 Å². The first-order valence-electron chi connectivity index (χ1n) is 7.44. The van der Waals surface area contributed by atoms with Crippen molar-refractivity contribution in [2.24, 2.45) is 5.41 Å². The molecule has 122 valence electrons. The van der Waals surface area contributed by atoms with Crippen LogP contribution in [0.2, 0.25) is 0 Å². The quantitative estimate of drug-likeness (QED) is 0.818. The number of hydrogen-bond acceptors (Lipinski definition) is 4. The minimum Gasteiger partial charge on any atom is -0.396 e. The molecule has 1 aliphatic heterocycles. The van der Waals surface area contributed by atoms with Crippen LogP contribution < -0.4 is 5.32 Å². The summed E-state index contributed by atoms with van der Waals surface area (Å²) in [5.41, 5.74) is 0.570. The molecule has 0 spiro atoms. The molecule has 1 heterocycles. The Balaban J connectivity index is 1.99. The Morgan fingerprint density at radius 2 is 2.09 bits per heavy atom. The van der Waals surface area contributed by atoms with Crippen molar-refractivity contribution in [3.05, 3.63) is 24.3 Å². The van der Waals surface area contributed by atoms with Crippen LogP contribution in [-0.4, -0.2) is 55.7 Å². The van der Waals surface area contributed by atoms with Crippen LogP contribution in [0.25, 0.3) is 0 Å². The fourth-order valence-corrected chi connectivity index (χ4v) is 3.26. The molecular formula is C16H24N2O3S. The van der Waals surface area contributed by atoms with E-state index in [1.165, 1.54) is 0 Å². The normalized spacial score (nSPS) is 17.0. The van der Waals surface area contributed by atoms with Gasteiger partial charge in [0, 0.05) is 37.1 Å². The zero-order chi connectivity index (χ0) is 16.0. The van der Waals surface area contributed by atoms with Gasteiger partial charge < -0.3 is 20.1 Å². The summed E-state index contributed by atoms with van der Waals surface area (Å²) >= 11 is 1.60. The number of benzene rings is 1. The van der Waals surface area contributed by atoms with Crippen LogP contribution >= 0.6 is 11.8 Å². The van der Waals surface area contributed by atoms with Gasteiger partial charge in [-0.05, 0) is 31.2 Å². The van der Waals surface area contributed by atoms with Crippen molar-refractivity contribution in [1.82, 2.24) is 4.90 Å². The number of para-hydroxylation sites is 1. The molecule has 1 fully saturated rings. The third-order valence-corrected chi connectivity index (χ3v) is 4.95. The maximum atomic E-state index is 12.4. The van der Waals surface area contributed by atoms with E-state index in [2.05, 4.69) is 5.32 Å². The second-order valence-corrected chi connectivity index (χ2v) is 6.61. The van der Waals surface area contributed by atoms with E-state index in [0.717, 1.165) is 23.4 Å². The molecule has 22 heavy (non-hydrogen) atoms. The number of ether oxygens (including phenoxy) is 1. The number of thioether (sulfide) groups is 1. The van der Waals surface area contributed by atoms with Crippen molar-refractivity contribution >= 4 is 23.5 Å². The van der Waals surface area contributed by atoms with Gasteiger partial charge in [0.25, 0.3) is 0 Å². The van der Waals surface area contributed by atoms with Gasteiger partial charge >= 0.3 is 6.03 Å². The highest BCUT2D eigenvalue weighted by atomic mass is 32.2. The lowest BCUT2D eigenvalue weighted by molar-refractivity contribution is -0.0255. The van der Waals surface area contributed by atoms with Crippen molar-refractivity contribution in [3.63, 3.8) is 0 Å². The Bertz CT molecular complexity index is 504. The molecule has 1 aliphatic rings. The summed E-state index contributed by atoms with van der Waals surface area (Å²) in [6.07, 6.45) is 3.54. The maximum Gasteiger partial charge on any atom is 0.321 e. The first-order valence-corrected chi connectivity index (χ1v) is 8.66. The first kappa shape index (κ1) is 17.1. The molecule has 2 amide bonds. The molecule has 0 atom stereocenters. The van der Waals surface area contributed by atoms with E-state index in [0.29, 0.717) is 19.8 Å². The molecule has 1 aromatic carbocycles. The molecule has 1 saturated heterocycles. The molecule has 0 radical (unpaired) electrons. The van der Waals surface area contributed by atoms with Gasteiger partial charge in [-0.15, -0.1) is 11.8 Å². The summed E-state index contributed by atoms with van der Waals surface area (Å²) in [6, 6.07) is 7.58. The summed E-state index contributed by atoms with van der Waals surface area (Å²) in [5.74, 6) is 0. The van der Waals surface area contributed by atoms with Crippen LogP contribution in [-0.2, 0) is 4.74 Å². The third kappa shape index (κ3) is 4.15. The van der Waals surface area contributed by atoms with Crippen LogP contribution in [0, 0.1) is 5.41 Å². The fourth-order valence-electron chi connectivity index (χ4n) is 2.70. The van der Waals surface area contributed by atoms with Crippen LogP contribution in [0.1, 0.15) is 12.8 Å². The van der Waals surface area contributed by atoms with Crippen LogP contribution in [0.5, 0.6) is 0 Å². The Hall–Kier alpha value is -1.24. The van der Waals surface area contributed by atoms with Crippen molar-refractivity contribution in [1.29, 1.82) is 0 Å². The lowest BCUT2D eigenvalue weighted by Gasteiger charge is -2.38. The number of rotatable bonds is 5. The van der Waals surface area contributed by atoms with E-state index in [1.807, 2.05) is 30.5 Å². The van der Waals surface area contributed by atoms with Crippen molar-refractivity contribution in [2.75, 3.05) is 45.0 Å². The van der Waals surface area contributed by atoms with E-state index in [4.69, 9.17) is 4.74 Å². The van der Waals surface area contributed by atoms with Gasteiger partial charge in [-0.3, -0.25) is 0 Å². The van der Waals surface area contributed by atoms with Gasteiger partial charge in [0.05, 0.1) is 12.3 Å². The average Bonchev–Trinajstić information content (AvgIpc) is 2.56. The highest BCUT2D eigenvalue weighted by Crippen LogP contribution is 2.31. The zero-order valence-electron chi connectivity index (χ0n) is 13.2. The van der Waals surface area contributed by atoms with Crippen LogP contribution in [0.15, 0.2) is 29.2 Å². The molecule has 0 saturated carbocycles. The Morgan fingerprint density at radius 1 is 1.41 bits per heavy atom. The molecule has 0 aromatic heterocycles. The lowest BCUT2D eigenvalue weighted by atomic mass is 9.80. The minimum absolute atomic E-state index is 0.0787. The van der Waals surface area contributed by atoms with Gasteiger partial charge in [0.1, 0.15) is 0 Å². The highest BCUT2D eigenvalue weighted by molar-refractivity contribution is 7.98. The monoisotopic (exact) mass is 324 g/mol. The zero-order valence-corrected chi connectivity index (χ0v) is 14.0. The summed E-state index contributed by atoms with van der Waals surface area (Å²) in [5, 5.41) is 12.7. The fraction of sp³-hybridized carbons (Fsp3) is 0.562. The number of urea groups is 1. The van der Waals surface area contributed by atoms with Gasteiger partial charge in [0.2, 0.25) is 0 Å². The molecule has 2 N–H and O–H groups in total. The van der Waals surface area contributed by atoms with Gasteiger partial charge in [0.15, 0.2) is 0 Å². The molecule has 6 heteroatoms. The number of aliphatic hydroxyl groups excluding tert-OH is 1. The van der Waals surface area contributed by atoms with E-state index in [9.17, 15) is 9.90 Å². The predicted octanol–water partition coefficient (Wildman–Crippen LogP) is 2.66. The minimum atomic E-state index is -0.247. The molecule has 0 aliphatic carbocycles. The number of nitrogens with zero attached hydrogens (tertiary/aromatic N) is 1. The standard InChI is InChI=1S/C16H24N2O3S/c1-18(11-16(12-19)7-9-21-10-8-16)15(20)17-13-5-3-4-6-14(13)22-2/h3-6,19H,7-12H2,1-2H3,(H,17,20). The van der Waals surface area contributed by atoms with Gasteiger partial charge in [-0.1, -0.05) is 12.1 Å². The summed E-state index contributed by atoms with van der Waals surface area (Å²) in [6.45, 7) is 1.90. The van der Waals surface area contributed by atoms with Gasteiger partial charge in [-0.25, -0.2) is 4.79 Å². The number of aliphatic hydroxyl groups is 1. The molecule has 0 unspecified atom stereocenters. The summed E-state index contributed by atoms with van der Waals surface area (Å²) in [7, 11) is 1.77. The number of nitrogens with one attached hydrogen (secondary N) is 1. The predicted molar refractivity (Wildman–Crippen MR) is 89.4 cm³/mol. The van der Waals surface area contributed by atoms with Crippen molar-refractivity contribution in [3.8, 4) is 0 Å². The Labute approximate surface area is 136 Å². The van der Waals surface area contributed by atoms with E-state index >= 15 is 0 Å². The summed E-state index contributed by atoms with van der Waals surface area (Å²) < 4.78 is 5.36. The number of hydrogen-bond donors (Lipinski definition) is 2. The Kier molecular flexibility index (Phi) is 6.11. The first-order chi connectivity index (χ1) is 10.6. The molecule has 1 aromatic rings. The van der Waals surface area contributed by atoms with E-state index < -0.39 is 0 Å². The molecular weight excluding hydrogens is 300 g/mol. The van der Waals surface area contributed by atoms with Crippen LogP contribution in [0.3, 0.4) is 0 Å². The maximum absolute atomic E-state index is 12.4. The van der Waals surface area contributed by atoms with Crippen molar-refractivity contribution < 1.29 is 14.6 Å². The smallest absolute Gasteiger partial charge is 0.321 e. The number of carbonyl (C=O) groups is 1. The molecule has 0 bridgehead atoms. The Morgan fingerprint density at radius 3 is 2.73 bits per heavy atom. The second-order valence-electron chi connectivity index (χ2n) is 5.76. The molecule has 2 rings (SSSR count). The second kappa shape index (κ2) is 7.85. The van der Waals surface area contributed by atoms with E-state index in [-0.39, 0.29) is 18.1 Å². The highest BCUT2D eigenvalue weighted by Gasteiger charge is 2.34. The SMILES string of the molecule is CSc1ccccc1NC(=O)N(C)CC1(CO)CCOCC1. The number of carbonyl (C=O) groups excluding carboxylic acids is 1. The third-order valence-electron chi connectivity index (χ3n) is 4.16. The lowest BCUT2D eigenvalue weighted by Crippen LogP contribution is -2.45. The topological polar surface area (TPSA) is 61.8 Å².